The zero-order valence-electron chi connectivity index (χ0n) is 10.7. The summed E-state index contributed by atoms with van der Waals surface area (Å²) in [5.74, 6) is -0.378. The number of fused-ring (bicyclic) bond motifs is 2. The lowest BCUT2D eigenvalue weighted by Gasteiger charge is -2.30. The van der Waals surface area contributed by atoms with E-state index in [0.29, 0.717) is 25.0 Å². The van der Waals surface area contributed by atoms with Crippen molar-refractivity contribution in [3.63, 3.8) is 0 Å². The molecule has 2 bridgehead atoms. The van der Waals surface area contributed by atoms with E-state index in [4.69, 9.17) is 5.21 Å². The minimum absolute atomic E-state index is 0.115. The van der Waals surface area contributed by atoms with Crippen LogP contribution in [0.25, 0.3) is 0 Å². The maximum Gasteiger partial charge on any atom is 0.198 e. The first-order valence-corrected chi connectivity index (χ1v) is 7.95. The fraction of sp³-hybridized carbons (Fsp3) is 0.429. The molecule has 0 spiro atoms. The van der Waals surface area contributed by atoms with Gasteiger partial charge in [0.1, 0.15) is 0 Å². The molecule has 1 unspecified atom stereocenters. The number of hydrogen-bond acceptors (Lipinski definition) is 5. The van der Waals surface area contributed by atoms with Gasteiger partial charge in [-0.1, -0.05) is 23.4 Å². The van der Waals surface area contributed by atoms with Crippen LogP contribution < -0.4 is 0 Å². The molecule has 0 saturated heterocycles. The summed E-state index contributed by atoms with van der Waals surface area (Å²) in [7, 11) is -3.78. The molecule has 2 saturated carbocycles. The number of sulfone groups is 1. The van der Waals surface area contributed by atoms with Gasteiger partial charge in [-0.3, -0.25) is 0 Å². The van der Waals surface area contributed by atoms with Gasteiger partial charge in [-0.05, 0) is 37.3 Å². The van der Waals surface area contributed by atoms with E-state index < -0.39 is 20.5 Å². The Morgan fingerprint density at radius 1 is 1.35 bits per heavy atom. The molecule has 2 aliphatic rings. The van der Waals surface area contributed by atoms with Gasteiger partial charge in [-0.25, -0.2) is 8.42 Å². The summed E-state index contributed by atoms with van der Waals surface area (Å²) in [5, 5.41) is 21.8. The van der Waals surface area contributed by atoms with Crippen molar-refractivity contribution >= 4 is 15.5 Å². The second-order valence-corrected chi connectivity index (χ2v) is 7.68. The molecule has 0 aliphatic heterocycles. The molecule has 3 rings (SSSR count). The average Bonchev–Trinajstić information content (AvgIpc) is 3.06. The monoisotopic (exact) mass is 290 g/mol. The molecule has 0 amide bonds. The third-order valence-corrected chi connectivity index (χ3v) is 6.87. The summed E-state index contributed by atoms with van der Waals surface area (Å²) >= 11 is 0. The van der Waals surface area contributed by atoms with E-state index >= 15 is 0 Å². The predicted molar refractivity (Wildman–Crippen MR) is 72.0 cm³/mol. The second kappa shape index (κ2) is 4.32. The summed E-state index contributed by atoms with van der Waals surface area (Å²) in [6.07, 6.45) is 1.53. The SMILES string of the molecule is N#CC1(S(=O)(=O)c2ccccc2)C[C@@H]2C/C(=N\O)[C@H]1C2. The van der Waals surface area contributed by atoms with E-state index in [1.54, 1.807) is 18.2 Å². The van der Waals surface area contributed by atoms with Crippen LogP contribution in [-0.2, 0) is 9.84 Å². The maximum atomic E-state index is 12.9. The zero-order valence-corrected chi connectivity index (χ0v) is 11.5. The molecule has 3 atom stereocenters. The van der Waals surface area contributed by atoms with Crippen molar-refractivity contribution in [2.75, 3.05) is 0 Å². The van der Waals surface area contributed by atoms with Gasteiger partial charge in [0.05, 0.1) is 16.7 Å². The van der Waals surface area contributed by atoms with Crippen LogP contribution in [0.4, 0.5) is 0 Å². The van der Waals surface area contributed by atoms with Crippen molar-refractivity contribution in [2.45, 2.75) is 28.9 Å². The fourth-order valence-electron chi connectivity index (χ4n) is 3.58. The van der Waals surface area contributed by atoms with E-state index in [0.717, 1.165) is 0 Å². The number of nitriles is 1. The first kappa shape index (κ1) is 13.1. The molecule has 0 heterocycles. The van der Waals surface area contributed by atoms with Crippen molar-refractivity contribution in [1.29, 1.82) is 5.26 Å². The molecule has 2 aliphatic carbocycles. The fourth-order valence-corrected chi connectivity index (χ4v) is 5.70. The van der Waals surface area contributed by atoms with E-state index in [9.17, 15) is 13.7 Å². The topological polar surface area (TPSA) is 90.5 Å². The van der Waals surface area contributed by atoms with Crippen LogP contribution in [0.5, 0.6) is 0 Å². The second-order valence-electron chi connectivity index (χ2n) is 5.47. The summed E-state index contributed by atoms with van der Waals surface area (Å²) < 4.78 is 24.3. The van der Waals surface area contributed by atoms with Crippen LogP contribution in [0.1, 0.15) is 19.3 Å². The highest BCUT2D eigenvalue weighted by Crippen LogP contribution is 2.54. The molecular formula is C14H14N2O3S. The number of benzene rings is 1. The van der Waals surface area contributed by atoms with Crippen LogP contribution in [0.3, 0.4) is 0 Å². The normalized spacial score (nSPS) is 34.2. The number of rotatable bonds is 2. The molecule has 0 aromatic heterocycles. The van der Waals surface area contributed by atoms with Gasteiger partial charge < -0.3 is 5.21 Å². The number of oxime groups is 1. The lowest BCUT2D eigenvalue weighted by Crippen LogP contribution is -2.45. The Bertz CT molecular complexity index is 706. The summed E-state index contributed by atoms with van der Waals surface area (Å²) in [5.41, 5.74) is 0.447. The molecule has 2 fully saturated rings. The zero-order chi connectivity index (χ0) is 14.4. The molecule has 6 heteroatoms. The maximum absolute atomic E-state index is 12.9. The molecule has 1 aromatic rings. The summed E-state index contributed by atoms with van der Waals surface area (Å²) in [6, 6.07) is 10.1. The van der Waals surface area contributed by atoms with E-state index in [1.165, 1.54) is 12.1 Å². The van der Waals surface area contributed by atoms with Gasteiger partial charge in [0.2, 0.25) is 0 Å². The van der Waals surface area contributed by atoms with Gasteiger partial charge in [0, 0.05) is 5.92 Å². The highest BCUT2D eigenvalue weighted by atomic mass is 32.2. The summed E-state index contributed by atoms with van der Waals surface area (Å²) in [6.45, 7) is 0. The third-order valence-electron chi connectivity index (χ3n) is 4.47. The molecule has 0 radical (unpaired) electrons. The van der Waals surface area contributed by atoms with Crippen molar-refractivity contribution in [2.24, 2.45) is 17.0 Å². The van der Waals surface area contributed by atoms with Crippen molar-refractivity contribution < 1.29 is 13.6 Å². The predicted octanol–water partition coefficient (Wildman–Crippen LogP) is 1.98. The van der Waals surface area contributed by atoms with Crippen LogP contribution in [0.15, 0.2) is 40.4 Å². The van der Waals surface area contributed by atoms with E-state index in [-0.39, 0.29) is 10.8 Å². The Morgan fingerprint density at radius 2 is 2.05 bits per heavy atom. The Hall–Kier alpha value is -1.87. The highest BCUT2D eigenvalue weighted by molar-refractivity contribution is 7.93. The van der Waals surface area contributed by atoms with Crippen molar-refractivity contribution in [3.05, 3.63) is 30.3 Å². The molecular weight excluding hydrogens is 276 g/mol. The Kier molecular flexibility index (Phi) is 2.83. The first-order chi connectivity index (χ1) is 9.55. The van der Waals surface area contributed by atoms with Crippen molar-refractivity contribution in [1.82, 2.24) is 0 Å². The standard InChI is InChI=1S/C14H14N2O3S/c15-9-14(8-10-6-12(14)13(7-10)16-17)20(18,19)11-4-2-1-3-5-11/h1-5,10,12,17H,6-8H2/b16-13+/t10-,12+,14?/m0/s1. The van der Waals surface area contributed by atoms with E-state index in [1.807, 2.05) is 6.07 Å². The van der Waals surface area contributed by atoms with E-state index in [2.05, 4.69) is 5.16 Å². The van der Waals surface area contributed by atoms with Gasteiger partial charge in [-0.2, -0.15) is 5.26 Å². The van der Waals surface area contributed by atoms with Crippen LogP contribution in [0, 0.1) is 23.2 Å². The van der Waals surface area contributed by atoms with Crippen molar-refractivity contribution in [3.8, 4) is 6.07 Å². The average molecular weight is 290 g/mol. The molecule has 5 nitrogen and oxygen atoms in total. The van der Waals surface area contributed by atoms with Crippen LogP contribution in [0.2, 0.25) is 0 Å². The smallest absolute Gasteiger partial charge is 0.198 e. The van der Waals surface area contributed by atoms with Gasteiger partial charge in [-0.15, -0.1) is 0 Å². The lowest BCUT2D eigenvalue weighted by atomic mass is 9.87. The summed E-state index contributed by atoms with van der Waals surface area (Å²) in [4.78, 5) is 0.159. The third kappa shape index (κ3) is 1.53. The lowest BCUT2D eigenvalue weighted by molar-refractivity contribution is 0.312. The quantitative estimate of drug-likeness (QED) is 0.666. The Balaban J connectivity index is 2.15. The minimum atomic E-state index is -3.78. The molecule has 1 aromatic carbocycles. The van der Waals surface area contributed by atoms with Crippen LogP contribution >= 0.6 is 0 Å². The minimum Gasteiger partial charge on any atom is -0.411 e. The van der Waals surface area contributed by atoms with Gasteiger partial charge >= 0.3 is 0 Å². The highest BCUT2D eigenvalue weighted by Gasteiger charge is 2.62. The largest absolute Gasteiger partial charge is 0.411 e. The van der Waals surface area contributed by atoms with Gasteiger partial charge in [0.25, 0.3) is 0 Å². The molecule has 104 valence electrons. The Morgan fingerprint density at radius 3 is 2.60 bits per heavy atom. The van der Waals surface area contributed by atoms with Crippen LogP contribution in [-0.4, -0.2) is 24.1 Å². The van der Waals surface area contributed by atoms with Gasteiger partial charge in [0.15, 0.2) is 14.6 Å². The number of nitrogens with zero attached hydrogens (tertiary/aromatic N) is 2. The first-order valence-electron chi connectivity index (χ1n) is 6.47. The molecule has 1 N–H and O–H groups in total. The Labute approximate surface area is 117 Å². The number of hydrogen-bond donors (Lipinski definition) is 1. The molecule has 20 heavy (non-hydrogen) atoms.